The fraction of sp³-hybridized carbons (Fsp3) is 0.188. The standard InChI is InChI=1S/C16H13BrClN3O3/c17-11-4-1-3-10(7-11)15-20(8-12(9-22)21(15)24)16(23)13-5-2-6-19-14(13)18/h1-7,9,12,15,24H,8H2. The molecule has 0 saturated carbocycles. The molecule has 2 aromatic rings. The number of benzene rings is 1. The van der Waals surface area contributed by atoms with E-state index >= 15 is 0 Å². The average Bonchev–Trinajstić information content (AvgIpc) is 2.91. The number of aldehydes is 1. The Balaban J connectivity index is 2.02. The van der Waals surface area contributed by atoms with Crippen LogP contribution in [0.15, 0.2) is 47.1 Å². The lowest BCUT2D eigenvalue weighted by Crippen LogP contribution is -2.34. The van der Waals surface area contributed by atoms with E-state index < -0.39 is 18.1 Å². The molecule has 8 heteroatoms. The van der Waals surface area contributed by atoms with Gasteiger partial charge < -0.3 is 14.9 Å². The smallest absolute Gasteiger partial charge is 0.258 e. The van der Waals surface area contributed by atoms with Crippen molar-refractivity contribution in [2.24, 2.45) is 0 Å². The van der Waals surface area contributed by atoms with Crippen molar-refractivity contribution in [1.82, 2.24) is 14.9 Å². The summed E-state index contributed by atoms with van der Waals surface area (Å²) in [5, 5.41) is 11.3. The van der Waals surface area contributed by atoms with Gasteiger partial charge in [-0.15, -0.1) is 0 Å². The second-order valence-corrected chi connectivity index (χ2v) is 6.59. The van der Waals surface area contributed by atoms with E-state index in [4.69, 9.17) is 11.6 Å². The molecule has 1 amide bonds. The Morgan fingerprint density at radius 2 is 2.17 bits per heavy atom. The maximum absolute atomic E-state index is 12.9. The monoisotopic (exact) mass is 409 g/mol. The Labute approximate surface area is 151 Å². The van der Waals surface area contributed by atoms with E-state index in [1.165, 1.54) is 11.1 Å². The molecule has 0 radical (unpaired) electrons. The van der Waals surface area contributed by atoms with Crippen LogP contribution >= 0.6 is 27.5 Å². The average molecular weight is 411 g/mol. The molecule has 2 unspecified atom stereocenters. The number of hydrogen-bond donors (Lipinski definition) is 1. The van der Waals surface area contributed by atoms with Crippen molar-refractivity contribution in [3.8, 4) is 0 Å². The molecule has 1 aromatic carbocycles. The van der Waals surface area contributed by atoms with Crippen LogP contribution in [0.25, 0.3) is 0 Å². The number of hydrogen-bond acceptors (Lipinski definition) is 5. The molecule has 0 spiro atoms. The maximum atomic E-state index is 12.9. The van der Waals surface area contributed by atoms with E-state index in [1.54, 1.807) is 30.3 Å². The number of carbonyl (C=O) groups is 2. The Bertz CT molecular complexity index is 789. The topological polar surface area (TPSA) is 73.7 Å². The van der Waals surface area contributed by atoms with Gasteiger partial charge in [-0.3, -0.25) is 4.79 Å². The lowest BCUT2D eigenvalue weighted by molar-refractivity contribution is -0.154. The van der Waals surface area contributed by atoms with Gasteiger partial charge in [0.25, 0.3) is 5.91 Å². The SMILES string of the molecule is O=CC1CN(C(=O)c2cccnc2Cl)C(c2cccc(Br)c2)N1O. The first kappa shape index (κ1) is 17.0. The number of rotatable bonds is 3. The van der Waals surface area contributed by atoms with Gasteiger partial charge in [0.2, 0.25) is 0 Å². The summed E-state index contributed by atoms with van der Waals surface area (Å²) >= 11 is 9.38. The van der Waals surface area contributed by atoms with Crippen molar-refractivity contribution in [3.63, 3.8) is 0 Å². The quantitative estimate of drug-likeness (QED) is 0.622. The van der Waals surface area contributed by atoms with Crippen molar-refractivity contribution < 1.29 is 14.8 Å². The molecule has 24 heavy (non-hydrogen) atoms. The molecule has 3 rings (SSSR count). The second kappa shape index (κ2) is 6.98. The summed E-state index contributed by atoms with van der Waals surface area (Å²) in [6.45, 7) is 0.0568. The zero-order valence-corrected chi connectivity index (χ0v) is 14.7. The van der Waals surface area contributed by atoms with E-state index in [0.29, 0.717) is 11.8 Å². The van der Waals surface area contributed by atoms with Crippen LogP contribution in [0.5, 0.6) is 0 Å². The molecule has 1 aromatic heterocycles. The molecule has 2 heterocycles. The Hall–Kier alpha value is -1.80. The van der Waals surface area contributed by atoms with Crippen LogP contribution in [-0.4, -0.2) is 44.9 Å². The van der Waals surface area contributed by atoms with E-state index in [2.05, 4.69) is 20.9 Å². The van der Waals surface area contributed by atoms with Gasteiger partial charge in [0, 0.05) is 17.2 Å². The molecular formula is C16H13BrClN3O3. The molecule has 1 saturated heterocycles. The summed E-state index contributed by atoms with van der Waals surface area (Å²) in [5.74, 6) is -0.401. The van der Waals surface area contributed by atoms with E-state index in [-0.39, 0.29) is 17.3 Å². The van der Waals surface area contributed by atoms with Gasteiger partial charge in [0.1, 0.15) is 23.6 Å². The lowest BCUT2D eigenvalue weighted by atomic mass is 10.1. The number of nitrogens with zero attached hydrogens (tertiary/aromatic N) is 3. The third kappa shape index (κ3) is 3.08. The van der Waals surface area contributed by atoms with Gasteiger partial charge in [-0.25, -0.2) is 4.98 Å². The van der Waals surface area contributed by atoms with Crippen LogP contribution in [0.1, 0.15) is 22.1 Å². The summed E-state index contributed by atoms with van der Waals surface area (Å²) < 4.78 is 0.801. The highest BCUT2D eigenvalue weighted by Crippen LogP contribution is 2.34. The molecule has 124 valence electrons. The van der Waals surface area contributed by atoms with Gasteiger partial charge in [0.05, 0.1) is 5.56 Å². The van der Waals surface area contributed by atoms with E-state index in [0.717, 1.165) is 9.54 Å². The zero-order valence-electron chi connectivity index (χ0n) is 12.3. The number of carbonyl (C=O) groups excluding carboxylic acids is 2. The van der Waals surface area contributed by atoms with Gasteiger partial charge in [-0.2, -0.15) is 5.06 Å². The highest BCUT2D eigenvalue weighted by atomic mass is 79.9. The van der Waals surface area contributed by atoms with Crippen LogP contribution in [-0.2, 0) is 4.79 Å². The Morgan fingerprint density at radius 3 is 2.83 bits per heavy atom. The van der Waals surface area contributed by atoms with Gasteiger partial charge in [-0.05, 0) is 29.8 Å². The first-order valence-corrected chi connectivity index (χ1v) is 8.29. The minimum atomic E-state index is -0.812. The second-order valence-electron chi connectivity index (χ2n) is 5.31. The molecule has 1 fully saturated rings. The van der Waals surface area contributed by atoms with Gasteiger partial charge >= 0.3 is 0 Å². The molecule has 0 bridgehead atoms. The molecule has 0 aliphatic carbocycles. The van der Waals surface area contributed by atoms with E-state index in [1.807, 2.05) is 6.07 Å². The molecule has 1 aliphatic rings. The summed E-state index contributed by atoms with van der Waals surface area (Å²) in [5.41, 5.74) is 0.892. The maximum Gasteiger partial charge on any atom is 0.258 e. The number of aromatic nitrogens is 1. The molecule has 1 N–H and O–H groups in total. The zero-order chi connectivity index (χ0) is 17.3. The summed E-state index contributed by atoms with van der Waals surface area (Å²) in [7, 11) is 0. The normalized spacial score (nSPS) is 21.0. The first-order valence-electron chi connectivity index (χ1n) is 7.12. The summed E-state index contributed by atoms with van der Waals surface area (Å²) in [6, 6.07) is 9.54. The van der Waals surface area contributed by atoms with Crippen molar-refractivity contribution >= 4 is 39.7 Å². The number of hydroxylamine groups is 2. The predicted molar refractivity (Wildman–Crippen MR) is 90.6 cm³/mol. The summed E-state index contributed by atoms with van der Waals surface area (Å²) in [6.07, 6.45) is 1.31. The largest absolute Gasteiger partial charge is 0.314 e. The van der Waals surface area contributed by atoms with Crippen molar-refractivity contribution in [1.29, 1.82) is 0 Å². The number of halogens is 2. The van der Waals surface area contributed by atoms with E-state index in [9.17, 15) is 14.8 Å². The minimum Gasteiger partial charge on any atom is -0.314 e. The number of pyridine rings is 1. The predicted octanol–water partition coefficient (Wildman–Crippen LogP) is 2.91. The number of amides is 1. The van der Waals surface area contributed by atoms with Crippen molar-refractivity contribution in [2.45, 2.75) is 12.2 Å². The van der Waals surface area contributed by atoms with Crippen LogP contribution < -0.4 is 0 Å². The summed E-state index contributed by atoms with van der Waals surface area (Å²) in [4.78, 5) is 29.4. The third-order valence-electron chi connectivity index (χ3n) is 3.82. The Kier molecular flexibility index (Phi) is 4.96. The van der Waals surface area contributed by atoms with Crippen LogP contribution in [0.4, 0.5) is 0 Å². The van der Waals surface area contributed by atoms with Crippen LogP contribution in [0.3, 0.4) is 0 Å². The highest BCUT2D eigenvalue weighted by Gasteiger charge is 2.43. The highest BCUT2D eigenvalue weighted by molar-refractivity contribution is 9.10. The van der Waals surface area contributed by atoms with Crippen LogP contribution in [0.2, 0.25) is 5.15 Å². The molecule has 6 nitrogen and oxygen atoms in total. The van der Waals surface area contributed by atoms with Gasteiger partial charge in [0.15, 0.2) is 0 Å². The van der Waals surface area contributed by atoms with Crippen molar-refractivity contribution in [2.75, 3.05) is 6.54 Å². The molecular weight excluding hydrogens is 398 g/mol. The van der Waals surface area contributed by atoms with Crippen molar-refractivity contribution in [3.05, 3.63) is 63.3 Å². The molecule has 2 atom stereocenters. The Morgan fingerprint density at radius 1 is 1.38 bits per heavy atom. The first-order chi connectivity index (χ1) is 11.5. The van der Waals surface area contributed by atoms with Gasteiger partial charge in [-0.1, -0.05) is 39.7 Å². The lowest BCUT2D eigenvalue weighted by Gasteiger charge is -2.27. The van der Waals surface area contributed by atoms with Crippen LogP contribution in [0, 0.1) is 0 Å². The fourth-order valence-electron chi connectivity index (χ4n) is 2.71. The minimum absolute atomic E-state index is 0.0568. The fourth-order valence-corrected chi connectivity index (χ4v) is 3.33. The third-order valence-corrected chi connectivity index (χ3v) is 4.62. The molecule has 1 aliphatic heterocycles.